The first-order valence-electron chi connectivity index (χ1n) is 9.38. The summed E-state index contributed by atoms with van der Waals surface area (Å²) in [5.74, 6) is -1.58. The van der Waals surface area contributed by atoms with Crippen LogP contribution < -0.4 is 0 Å². The largest absolute Gasteiger partial charge is 0.479 e. The average molecular weight is 451 g/mol. The highest BCUT2D eigenvalue weighted by Crippen LogP contribution is 2.29. The minimum Gasteiger partial charge on any atom is -0.479 e. The molecule has 1 aromatic carbocycles. The van der Waals surface area contributed by atoms with E-state index >= 15 is 0 Å². The molecule has 5 unspecified atom stereocenters. The Labute approximate surface area is 175 Å². The van der Waals surface area contributed by atoms with E-state index in [9.17, 15) is 33.3 Å². The molecule has 0 aliphatic carbocycles. The van der Waals surface area contributed by atoms with E-state index in [2.05, 4.69) is 5.16 Å². The number of rotatable bonds is 9. The Morgan fingerprint density at radius 1 is 1.10 bits per heavy atom. The summed E-state index contributed by atoms with van der Waals surface area (Å²) < 4.78 is 48.4. The average Bonchev–Trinajstić information content (AvgIpc) is 2.72. The quantitative estimate of drug-likeness (QED) is 0.249. The third kappa shape index (κ3) is 6.61. The smallest absolute Gasteiger partial charge is 0.416 e. The summed E-state index contributed by atoms with van der Waals surface area (Å²) in [5, 5.41) is 42.4. The van der Waals surface area contributed by atoms with Gasteiger partial charge < -0.3 is 34.7 Å². The number of nitrogens with zero attached hydrogens (tertiary/aromatic N) is 1. The van der Waals surface area contributed by atoms with E-state index < -0.39 is 48.4 Å². The topological polar surface area (TPSA) is 138 Å². The summed E-state index contributed by atoms with van der Waals surface area (Å²) in [5.41, 5.74) is -0.317. The minimum atomic E-state index is -4.51. The molecule has 0 radical (unpaired) electrons. The monoisotopic (exact) mass is 451 g/mol. The molecule has 5 atom stereocenters. The highest BCUT2D eigenvalue weighted by molar-refractivity contribution is 6.00. The van der Waals surface area contributed by atoms with Crippen molar-refractivity contribution in [3.05, 3.63) is 35.4 Å². The van der Waals surface area contributed by atoms with Gasteiger partial charge in [-0.25, -0.2) is 4.79 Å². The maximum atomic E-state index is 12.8. The van der Waals surface area contributed by atoms with Gasteiger partial charge in [0.1, 0.15) is 18.3 Å². The summed E-state index contributed by atoms with van der Waals surface area (Å²) in [6, 6.07) is 4.18. The number of methoxy groups -OCH3 is 1. The van der Waals surface area contributed by atoms with Crippen molar-refractivity contribution in [3.63, 3.8) is 0 Å². The number of halogens is 3. The van der Waals surface area contributed by atoms with Gasteiger partial charge in [-0.05, 0) is 37.0 Å². The number of carbonyl (C=O) groups is 1. The number of hydrogen-bond acceptors (Lipinski definition) is 8. The van der Waals surface area contributed by atoms with Gasteiger partial charge in [0.25, 0.3) is 6.29 Å². The van der Waals surface area contributed by atoms with Crippen LogP contribution in [0.25, 0.3) is 0 Å². The fraction of sp³-hybridized carbons (Fsp3) is 0.579. The number of aliphatic hydroxyl groups excluding tert-OH is 3. The molecule has 0 bridgehead atoms. The zero-order chi connectivity index (χ0) is 23.2. The first-order valence-corrected chi connectivity index (χ1v) is 9.38. The molecule has 0 aromatic heterocycles. The summed E-state index contributed by atoms with van der Waals surface area (Å²) in [4.78, 5) is 16.3. The van der Waals surface area contributed by atoms with Gasteiger partial charge in [-0.3, -0.25) is 0 Å². The van der Waals surface area contributed by atoms with Gasteiger partial charge in [0.15, 0.2) is 6.10 Å². The van der Waals surface area contributed by atoms with E-state index in [1.54, 1.807) is 0 Å². The summed E-state index contributed by atoms with van der Waals surface area (Å²) in [6.07, 6.45) is -12.2. The number of benzene rings is 1. The van der Waals surface area contributed by atoms with Crippen LogP contribution in [0.3, 0.4) is 0 Å². The lowest BCUT2D eigenvalue weighted by Crippen LogP contribution is -2.60. The Kier molecular flexibility index (Phi) is 8.77. The zero-order valence-electron chi connectivity index (χ0n) is 16.5. The molecule has 31 heavy (non-hydrogen) atoms. The van der Waals surface area contributed by atoms with E-state index in [-0.39, 0.29) is 12.1 Å². The number of carboxylic acids is 1. The molecule has 1 fully saturated rings. The maximum absolute atomic E-state index is 12.8. The number of hydrogen-bond donors (Lipinski definition) is 4. The van der Waals surface area contributed by atoms with E-state index in [1.807, 2.05) is 0 Å². The van der Waals surface area contributed by atoms with E-state index in [0.717, 1.165) is 12.1 Å². The van der Waals surface area contributed by atoms with E-state index in [4.69, 9.17) is 19.4 Å². The molecule has 0 spiro atoms. The molecule has 0 saturated carbocycles. The summed E-state index contributed by atoms with van der Waals surface area (Å²) >= 11 is 0. The van der Waals surface area contributed by atoms with Gasteiger partial charge in [0, 0.05) is 13.7 Å². The van der Waals surface area contributed by atoms with Gasteiger partial charge in [0.2, 0.25) is 0 Å². The fourth-order valence-electron chi connectivity index (χ4n) is 2.89. The van der Waals surface area contributed by atoms with Crippen molar-refractivity contribution in [2.45, 2.75) is 56.1 Å². The predicted octanol–water partition coefficient (Wildman–Crippen LogP) is 1.14. The minimum absolute atomic E-state index is 0.216. The van der Waals surface area contributed by atoms with E-state index in [0.29, 0.717) is 25.0 Å². The SMILES string of the molecule is COCCCCC(=NOC1OC(C(=O)O)C(O)C(O)C1O)c1ccc(C(F)(F)F)cc1. The first-order chi connectivity index (χ1) is 14.6. The van der Waals surface area contributed by atoms with Gasteiger partial charge in [0.05, 0.1) is 11.3 Å². The number of alkyl halides is 3. The van der Waals surface area contributed by atoms with Crippen molar-refractivity contribution >= 4 is 11.7 Å². The lowest BCUT2D eigenvalue weighted by Gasteiger charge is -2.37. The van der Waals surface area contributed by atoms with Gasteiger partial charge in [-0.2, -0.15) is 13.2 Å². The van der Waals surface area contributed by atoms with Crippen molar-refractivity contribution in [3.8, 4) is 0 Å². The van der Waals surface area contributed by atoms with Crippen LogP contribution in [0.15, 0.2) is 29.4 Å². The van der Waals surface area contributed by atoms with Crippen LogP contribution in [0.5, 0.6) is 0 Å². The highest BCUT2D eigenvalue weighted by atomic mass is 19.4. The van der Waals surface area contributed by atoms with Crippen molar-refractivity contribution in [2.24, 2.45) is 5.16 Å². The van der Waals surface area contributed by atoms with Gasteiger partial charge in [-0.15, -0.1) is 0 Å². The van der Waals surface area contributed by atoms with Crippen molar-refractivity contribution in [1.29, 1.82) is 0 Å². The number of aliphatic hydroxyl groups is 3. The third-order valence-electron chi connectivity index (χ3n) is 4.64. The van der Waals surface area contributed by atoms with Crippen molar-refractivity contribution in [1.82, 2.24) is 0 Å². The number of oxime groups is 1. The Morgan fingerprint density at radius 3 is 2.29 bits per heavy atom. The van der Waals surface area contributed by atoms with Gasteiger partial charge >= 0.3 is 12.1 Å². The van der Waals surface area contributed by atoms with Crippen LogP contribution in [-0.2, 0) is 25.3 Å². The maximum Gasteiger partial charge on any atom is 0.416 e. The Balaban J connectivity index is 2.21. The zero-order valence-corrected chi connectivity index (χ0v) is 16.5. The molecular weight excluding hydrogens is 427 g/mol. The Hall–Kier alpha value is -2.25. The fourth-order valence-corrected chi connectivity index (χ4v) is 2.89. The normalized spacial score (nSPS) is 27.2. The molecule has 174 valence electrons. The van der Waals surface area contributed by atoms with Crippen LogP contribution >= 0.6 is 0 Å². The second-order valence-corrected chi connectivity index (χ2v) is 6.90. The first kappa shape index (κ1) is 25.0. The standard InChI is InChI=1S/C19H24F3NO8/c1-29-9-3-2-4-12(10-5-7-11(8-6-10)19(20,21)22)23-31-18-15(26)13(24)14(25)16(30-18)17(27)28/h5-8,13-16,18,24-26H,2-4,9H2,1H3,(H,27,28). The summed E-state index contributed by atoms with van der Waals surface area (Å²) in [6.45, 7) is 0.454. The second-order valence-electron chi connectivity index (χ2n) is 6.90. The molecular formula is C19H24F3NO8. The van der Waals surface area contributed by atoms with Crippen molar-refractivity contribution < 1.29 is 52.7 Å². The number of carboxylic acid groups (broad SMARTS) is 1. The second kappa shape index (κ2) is 10.9. The molecule has 9 nitrogen and oxygen atoms in total. The van der Waals surface area contributed by atoms with E-state index in [1.165, 1.54) is 19.2 Å². The van der Waals surface area contributed by atoms with Crippen LogP contribution in [0, 0.1) is 0 Å². The number of ether oxygens (including phenoxy) is 2. The third-order valence-corrected chi connectivity index (χ3v) is 4.64. The van der Waals surface area contributed by atoms with Crippen LogP contribution in [0.4, 0.5) is 13.2 Å². The molecule has 1 saturated heterocycles. The Bertz CT molecular complexity index is 756. The molecule has 1 aliphatic heterocycles. The molecule has 0 amide bonds. The number of unbranched alkanes of at least 4 members (excludes halogenated alkanes) is 1. The van der Waals surface area contributed by atoms with Crippen LogP contribution in [-0.4, -0.2) is 76.5 Å². The van der Waals surface area contributed by atoms with Crippen LogP contribution in [0.2, 0.25) is 0 Å². The molecule has 1 aromatic rings. The lowest BCUT2D eigenvalue weighted by molar-refractivity contribution is -0.294. The molecule has 4 N–H and O–H groups in total. The predicted molar refractivity (Wildman–Crippen MR) is 99.1 cm³/mol. The molecule has 1 heterocycles. The highest BCUT2D eigenvalue weighted by Gasteiger charge is 2.48. The van der Waals surface area contributed by atoms with Crippen LogP contribution in [0.1, 0.15) is 30.4 Å². The molecule has 1 aliphatic rings. The van der Waals surface area contributed by atoms with Gasteiger partial charge in [-0.1, -0.05) is 17.3 Å². The van der Waals surface area contributed by atoms with Crippen molar-refractivity contribution in [2.75, 3.05) is 13.7 Å². The number of aliphatic carboxylic acids is 1. The molecule has 2 rings (SSSR count). The lowest BCUT2D eigenvalue weighted by atomic mass is 9.99. The summed E-state index contributed by atoms with van der Waals surface area (Å²) in [7, 11) is 1.52. The molecule has 12 heteroatoms. The Morgan fingerprint density at radius 2 is 1.74 bits per heavy atom.